The van der Waals surface area contributed by atoms with Crippen molar-refractivity contribution in [2.75, 3.05) is 45.3 Å². The molecule has 0 aromatic heterocycles. The van der Waals surface area contributed by atoms with E-state index >= 15 is 0 Å². The van der Waals surface area contributed by atoms with E-state index in [1.54, 1.807) is 39.3 Å². The molecule has 6 heteroatoms. The van der Waals surface area contributed by atoms with E-state index in [2.05, 4.69) is 4.90 Å². The van der Waals surface area contributed by atoms with Gasteiger partial charge in [0.25, 0.3) is 5.91 Å². The Balaban J connectivity index is 1.74. The largest absolute Gasteiger partial charge is 0.496 e. The van der Waals surface area contributed by atoms with Crippen LogP contribution >= 0.6 is 0 Å². The predicted octanol–water partition coefficient (Wildman–Crippen LogP) is 2.87. The number of benzene rings is 2. The summed E-state index contributed by atoms with van der Waals surface area (Å²) in [5, 5.41) is 0. The molecular formula is C21H24N2O4. The number of hydrogen-bond donors (Lipinski definition) is 0. The van der Waals surface area contributed by atoms with E-state index in [0.717, 1.165) is 5.69 Å². The zero-order valence-corrected chi connectivity index (χ0v) is 15.9. The van der Waals surface area contributed by atoms with Crippen molar-refractivity contribution >= 4 is 17.4 Å². The molecule has 0 atom stereocenters. The van der Waals surface area contributed by atoms with E-state index in [-0.39, 0.29) is 11.7 Å². The molecular weight excluding hydrogens is 344 g/mol. The van der Waals surface area contributed by atoms with Gasteiger partial charge in [-0.1, -0.05) is 18.2 Å². The van der Waals surface area contributed by atoms with Crippen molar-refractivity contribution in [3.8, 4) is 11.5 Å². The first-order valence-electron chi connectivity index (χ1n) is 8.91. The molecule has 142 valence electrons. The number of nitrogens with zero attached hydrogens (tertiary/aromatic N) is 2. The summed E-state index contributed by atoms with van der Waals surface area (Å²) in [6.45, 7) is 4.14. The van der Waals surface area contributed by atoms with Gasteiger partial charge in [0.15, 0.2) is 5.78 Å². The number of carbonyl (C=O) groups excluding carboxylic acids is 2. The van der Waals surface area contributed by atoms with Gasteiger partial charge in [-0.25, -0.2) is 0 Å². The Morgan fingerprint density at radius 1 is 0.889 bits per heavy atom. The Bertz CT molecular complexity index is 820. The molecule has 6 nitrogen and oxygen atoms in total. The molecule has 0 bridgehead atoms. The van der Waals surface area contributed by atoms with E-state index < -0.39 is 0 Å². The normalized spacial score (nSPS) is 14.0. The van der Waals surface area contributed by atoms with Crippen LogP contribution < -0.4 is 14.4 Å². The molecule has 0 saturated carbocycles. The lowest BCUT2D eigenvalue weighted by atomic mass is 10.1. The second kappa shape index (κ2) is 8.12. The lowest BCUT2D eigenvalue weighted by molar-refractivity contribution is 0.0739. The van der Waals surface area contributed by atoms with E-state index in [1.165, 1.54) is 0 Å². The van der Waals surface area contributed by atoms with Crippen LogP contribution in [0, 0.1) is 0 Å². The summed E-state index contributed by atoms with van der Waals surface area (Å²) >= 11 is 0. The van der Waals surface area contributed by atoms with E-state index in [1.807, 2.05) is 29.2 Å². The lowest BCUT2D eigenvalue weighted by Crippen LogP contribution is -2.49. The van der Waals surface area contributed by atoms with Gasteiger partial charge in [0.1, 0.15) is 17.1 Å². The maximum Gasteiger partial charge on any atom is 0.261 e. The molecule has 0 spiro atoms. The highest BCUT2D eigenvalue weighted by Crippen LogP contribution is 2.30. The van der Waals surface area contributed by atoms with Crippen molar-refractivity contribution in [2.45, 2.75) is 6.92 Å². The molecule has 1 heterocycles. The molecule has 0 N–H and O–H groups in total. The number of carbonyl (C=O) groups is 2. The van der Waals surface area contributed by atoms with Crippen LogP contribution in [0.3, 0.4) is 0 Å². The third-order valence-electron chi connectivity index (χ3n) is 4.83. The van der Waals surface area contributed by atoms with Gasteiger partial charge >= 0.3 is 0 Å². The average Bonchev–Trinajstić information content (AvgIpc) is 2.72. The van der Waals surface area contributed by atoms with Gasteiger partial charge in [0.2, 0.25) is 0 Å². The Morgan fingerprint density at radius 3 is 2.04 bits per heavy atom. The number of anilines is 1. The van der Waals surface area contributed by atoms with Gasteiger partial charge < -0.3 is 19.3 Å². The van der Waals surface area contributed by atoms with E-state index in [9.17, 15) is 9.59 Å². The Morgan fingerprint density at radius 2 is 1.48 bits per heavy atom. The van der Waals surface area contributed by atoms with E-state index in [4.69, 9.17) is 9.47 Å². The molecule has 1 saturated heterocycles. The fourth-order valence-electron chi connectivity index (χ4n) is 3.31. The second-order valence-electron chi connectivity index (χ2n) is 6.42. The molecule has 3 rings (SSSR count). The molecule has 0 radical (unpaired) electrons. The van der Waals surface area contributed by atoms with Gasteiger partial charge in [-0.2, -0.15) is 0 Å². The van der Waals surface area contributed by atoms with Crippen LogP contribution in [-0.2, 0) is 0 Å². The number of amides is 1. The van der Waals surface area contributed by atoms with Crippen molar-refractivity contribution in [1.29, 1.82) is 0 Å². The summed E-state index contributed by atoms with van der Waals surface area (Å²) in [6, 6.07) is 12.9. The Labute approximate surface area is 159 Å². The van der Waals surface area contributed by atoms with Crippen LogP contribution in [0.2, 0.25) is 0 Å². The van der Waals surface area contributed by atoms with Gasteiger partial charge in [-0.15, -0.1) is 0 Å². The monoisotopic (exact) mass is 368 g/mol. The van der Waals surface area contributed by atoms with Gasteiger partial charge in [0, 0.05) is 37.4 Å². The third kappa shape index (κ3) is 3.89. The van der Waals surface area contributed by atoms with Crippen LogP contribution in [0.4, 0.5) is 5.69 Å². The zero-order valence-electron chi connectivity index (χ0n) is 15.9. The smallest absolute Gasteiger partial charge is 0.261 e. The Kier molecular flexibility index (Phi) is 5.64. The third-order valence-corrected chi connectivity index (χ3v) is 4.83. The standard InChI is InChI=1S/C21H24N2O4/c1-15(24)16-6-4-7-17(14-16)22-10-12-23(13-11-22)21(25)20-18(26-2)8-5-9-19(20)27-3/h4-9,14H,10-13H2,1-3H3. The second-order valence-corrected chi connectivity index (χ2v) is 6.42. The topological polar surface area (TPSA) is 59.1 Å². The van der Waals surface area contributed by atoms with Gasteiger partial charge in [-0.3, -0.25) is 9.59 Å². The molecule has 2 aromatic carbocycles. The minimum Gasteiger partial charge on any atom is -0.496 e. The molecule has 0 unspecified atom stereocenters. The van der Waals surface area contributed by atoms with Crippen molar-refractivity contribution < 1.29 is 19.1 Å². The number of ether oxygens (including phenoxy) is 2. The zero-order chi connectivity index (χ0) is 19.4. The SMILES string of the molecule is COc1cccc(OC)c1C(=O)N1CCN(c2cccc(C(C)=O)c2)CC1. The maximum atomic E-state index is 13.0. The summed E-state index contributed by atoms with van der Waals surface area (Å²) in [4.78, 5) is 28.7. The Hall–Kier alpha value is -3.02. The number of methoxy groups -OCH3 is 2. The molecule has 1 fully saturated rings. The molecule has 2 aromatic rings. The van der Waals surface area contributed by atoms with Crippen molar-refractivity contribution in [2.24, 2.45) is 0 Å². The van der Waals surface area contributed by atoms with Crippen molar-refractivity contribution in [3.05, 3.63) is 53.6 Å². The van der Waals surface area contributed by atoms with Gasteiger partial charge in [0.05, 0.1) is 14.2 Å². The number of hydrogen-bond acceptors (Lipinski definition) is 5. The van der Waals surface area contributed by atoms with Crippen molar-refractivity contribution in [3.63, 3.8) is 0 Å². The first-order valence-corrected chi connectivity index (χ1v) is 8.91. The number of Topliss-reactive ketones (excluding diaryl/α,β-unsaturated/α-hetero) is 1. The summed E-state index contributed by atoms with van der Waals surface area (Å²) < 4.78 is 10.7. The summed E-state index contributed by atoms with van der Waals surface area (Å²) in [5.74, 6) is 0.974. The van der Waals surface area contributed by atoms with Crippen LogP contribution in [0.1, 0.15) is 27.6 Å². The molecule has 1 amide bonds. The molecule has 1 aliphatic heterocycles. The molecule has 1 aliphatic rings. The first kappa shape index (κ1) is 18.8. The highest BCUT2D eigenvalue weighted by atomic mass is 16.5. The lowest BCUT2D eigenvalue weighted by Gasteiger charge is -2.36. The quantitative estimate of drug-likeness (QED) is 0.760. The number of ketones is 1. The summed E-state index contributed by atoms with van der Waals surface area (Å²) in [7, 11) is 3.09. The van der Waals surface area contributed by atoms with Crippen LogP contribution in [-0.4, -0.2) is 57.0 Å². The average molecular weight is 368 g/mol. The predicted molar refractivity (Wildman–Crippen MR) is 104 cm³/mol. The van der Waals surface area contributed by atoms with Crippen LogP contribution in [0.25, 0.3) is 0 Å². The fourth-order valence-corrected chi connectivity index (χ4v) is 3.31. The highest BCUT2D eigenvalue weighted by Gasteiger charge is 2.27. The minimum atomic E-state index is -0.0959. The summed E-state index contributed by atoms with van der Waals surface area (Å²) in [5.41, 5.74) is 2.16. The first-order chi connectivity index (χ1) is 13.0. The molecule has 0 aliphatic carbocycles. The maximum absolute atomic E-state index is 13.0. The summed E-state index contributed by atoms with van der Waals surface area (Å²) in [6.07, 6.45) is 0. The van der Waals surface area contributed by atoms with Crippen molar-refractivity contribution in [1.82, 2.24) is 4.90 Å². The minimum absolute atomic E-state index is 0.0499. The highest BCUT2D eigenvalue weighted by molar-refractivity contribution is 6.00. The molecule has 27 heavy (non-hydrogen) atoms. The number of piperazine rings is 1. The van der Waals surface area contributed by atoms with Crippen LogP contribution in [0.15, 0.2) is 42.5 Å². The fraction of sp³-hybridized carbons (Fsp3) is 0.333. The van der Waals surface area contributed by atoms with Gasteiger partial charge in [-0.05, 0) is 31.2 Å². The number of rotatable bonds is 5. The van der Waals surface area contributed by atoms with E-state index in [0.29, 0.717) is 48.8 Å². The van der Waals surface area contributed by atoms with Crippen LogP contribution in [0.5, 0.6) is 11.5 Å².